The second-order valence-electron chi connectivity index (χ2n) is 2.89. The van der Waals surface area contributed by atoms with Crippen molar-refractivity contribution in [2.24, 2.45) is 0 Å². The predicted molar refractivity (Wildman–Crippen MR) is 46.1 cm³/mol. The molecule has 1 heterocycles. The van der Waals surface area contributed by atoms with Crippen LogP contribution in [0.2, 0.25) is 0 Å². The Kier molecular flexibility index (Phi) is 2.93. The van der Waals surface area contributed by atoms with Crippen LogP contribution in [0.1, 0.15) is 11.4 Å². The lowest BCUT2D eigenvalue weighted by molar-refractivity contribution is -0.115. The number of aryl methyl sites for hydroxylation is 2. The van der Waals surface area contributed by atoms with Gasteiger partial charge in [-0.3, -0.25) is 4.98 Å². The van der Waals surface area contributed by atoms with Crippen LogP contribution in [-0.2, 0) is 0 Å². The van der Waals surface area contributed by atoms with Gasteiger partial charge >= 0.3 is 6.18 Å². The molecule has 0 aromatic carbocycles. The van der Waals surface area contributed by atoms with Gasteiger partial charge < -0.3 is 5.32 Å². The van der Waals surface area contributed by atoms with E-state index in [0.29, 0.717) is 11.4 Å². The first-order chi connectivity index (χ1) is 6.38. The number of rotatable bonds is 2. The van der Waals surface area contributed by atoms with Crippen molar-refractivity contribution in [1.29, 1.82) is 0 Å². The van der Waals surface area contributed by atoms with E-state index in [4.69, 9.17) is 0 Å². The molecular formula is C8H10F3N3. The minimum atomic E-state index is -4.24. The smallest absolute Gasteiger partial charge is 0.360 e. The predicted octanol–water partition coefficient (Wildman–Crippen LogP) is 2.07. The summed E-state index contributed by atoms with van der Waals surface area (Å²) in [6.07, 6.45) is -2.95. The Bertz CT molecular complexity index is 322. The summed E-state index contributed by atoms with van der Waals surface area (Å²) in [5, 5.41) is 2.15. The molecule has 0 atom stereocenters. The normalized spacial score (nSPS) is 11.5. The fourth-order valence-corrected chi connectivity index (χ4v) is 0.818. The third kappa shape index (κ3) is 3.20. The molecule has 0 bridgehead atoms. The highest BCUT2D eigenvalue weighted by atomic mass is 19.4. The zero-order valence-electron chi connectivity index (χ0n) is 7.81. The number of halogens is 3. The van der Waals surface area contributed by atoms with Crippen LogP contribution in [0.4, 0.5) is 19.0 Å². The highest BCUT2D eigenvalue weighted by Crippen LogP contribution is 2.15. The summed E-state index contributed by atoms with van der Waals surface area (Å²) in [6.45, 7) is 2.35. The Morgan fingerprint density at radius 1 is 1.29 bits per heavy atom. The second-order valence-corrected chi connectivity index (χ2v) is 2.89. The van der Waals surface area contributed by atoms with E-state index in [1.54, 1.807) is 13.8 Å². The monoisotopic (exact) mass is 205 g/mol. The maximum Gasteiger partial charge on any atom is 0.405 e. The molecule has 6 heteroatoms. The average molecular weight is 205 g/mol. The number of hydrogen-bond donors (Lipinski definition) is 1. The molecule has 3 nitrogen and oxygen atoms in total. The van der Waals surface area contributed by atoms with Crippen molar-refractivity contribution in [3.8, 4) is 0 Å². The molecule has 78 valence electrons. The van der Waals surface area contributed by atoms with E-state index in [0.717, 1.165) is 0 Å². The topological polar surface area (TPSA) is 37.8 Å². The van der Waals surface area contributed by atoms with Gasteiger partial charge in [-0.2, -0.15) is 13.2 Å². The van der Waals surface area contributed by atoms with Crippen LogP contribution in [0.5, 0.6) is 0 Å². The van der Waals surface area contributed by atoms with Gasteiger partial charge in [0.1, 0.15) is 12.4 Å². The van der Waals surface area contributed by atoms with Gasteiger partial charge in [0.2, 0.25) is 0 Å². The largest absolute Gasteiger partial charge is 0.405 e. The minimum absolute atomic E-state index is 0.144. The molecule has 0 radical (unpaired) electrons. The number of aromatic nitrogens is 2. The van der Waals surface area contributed by atoms with Crippen LogP contribution in [0, 0.1) is 13.8 Å². The van der Waals surface area contributed by atoms with Crippen molar-refractivity contribution < 1.29 is 13.2 Å². The Hall–Kier alpha value is -1.33. The number of nitrogens with one attached hydrogen (secondary N) is 1. The van der Waals surface area contributed by atoms with E-state index in [9.17, 15) is 13.2 Å². The molecule has 1 aromatic heterocycles. The summed E-state index contributed by atoms with van der Waals surface area (Å²) >= 11 is 0. The summed E-state index contributed by atoms with van der Waals surface area (Å²) in [5.74, 6) is 0.144. The van der Waals surface area contributed by atoms with Crippen molar-refractivity contribution in [1.82, 2.24) is 9.97 Å². The Labute approximate surface area is 79.4 Å². The quantitative estimate of drug-likeness (QED) is 0.803. The summed E-state index contributed by atoms with van der Waals surface area (Å²) in [4.78, 5) is 7.79. The SMILES string of the molecule is Cc1ncc(NCC(F)(F)F)nc1C. The lowest BCUT2D eigenvalue weighted by Crippen LogP contribution is -2.22. The highest BCUT2D eigenvalue weighted by molar-refractivity contribution is 5.33. The number of alkyl halides is 3. The lowest BCUT2D eigenvalue weighted by atomic mass is 10.3. The molecule has 14 heavy (non-hydrogen) atoms. The second kappa shape index (κ2) is 3.81. The maximum atomic E-state index is 11.8. The van der Waals surface area contributed by atoms with Gasteiger partial charge in [0.25, 0.3) is 0 Å². The molecule has 0 spiro atoms. The zero-order chi connectivity index (χ0) is 10.8. The molecule has 1 rings (SSSR count). The Balaban J connectivity index is 2.65. The van der Waals surface area contributed by atoms with Gasteiger partial charge in [-0.05, 0) is 13.8 Å². The summed E-state index contributed by atoms with van der Waals surface area (Å²) in [6, 6.07) is 0. The molecule has 0 unspecified atom stereocenters. The van der Waals surface area contributed by atoms with Crippen LogP contribution in [0.25, 0.3) is 0 Å². The Morgan fingerprint density at radius 2 is 1.93 bits per heavy atom. The number of nitrogens with zero attached hydrogens (tertiary/aromatic N) is 2. The molecule has 1 aromatic rings. The van der Waals surface area contributed by atoms with Gasteiger partial charge in [-0.25, -0.2) is 4.98 Å². The van der Waals surface area contributed by atoms with Crippen molar-refractivity contribution in [2.75, 3.05) is 11.9 Å². The van der Waals surface area contributed by atoms with Gasteiger partial charge in [0.05, 0.1) is 17.6 Å². The van der Waals surface area contributed by atoms with Crippen LogP contribution in [0.15, 0.2) is 6.20 Å². The molecule has 0 saturated carbocycles. The van der Waals surface area contributed by atoms with Crippen LogP contribution in [-0.4, -0.2) is 22.7 Å². The average Bonchev–Trinajstić information content (AvgIpc) is 2.06. The van der Waals surface area contributed by atoms with Gasteiger partial charge in [0, 0.05) is 0 Å². The van der Waals surface area contributed by atoms with E-state index >= 15 is 0 Å². The van der Waals surface area contributed by atoms with Crippen molar-refractivity contribution in [2.45, 2.75) is 20.0 Å². The van der Waals surface area contributed by atoms with Crippen molar-refractivity contribution in [3.63, 3.8) is 0 Å². The first-order valence-corrected chi connectivity index (χ1v) is 3.99. The first kappa shape index (κ1) is 10.7. The van der Waals surface area contributed by atoms with Crippen molar-refractivity contribution >= 4 is 5.82 Å². The summed E-state index contributed by atoms with van der Waals surface area (Å²) < 4.78 is 35.4. The van der Waals surface area contributed by atoms with Crippen LogP contribution in [0.3, 0.4) is 0 Å². The van der Waals surface area contributed by atoms with Gasteiger partial charge in [-0.1, -0.05) is 0 Å². The molecule has 0 fully saturated rings. The van der Waals surface area contributed by atoms with E-state index in [-0.39, 0.29) is 5.82 Å². The fraction of sp³-hybridized carbons (Fsp3) is 0.500. The number of anilines is 1. The molecule has 0 aliphatic carbocycles. The van der Waals surface area contributed by atoms with Crippen LogP contribution >= 0.6 is 0 Å². The third-order valence-electron chi connectivity index (χ3n) is 1.66. The molecule has 0 amide bonds. The standard InChI is InChI=1S/C8H10F3N3/c1-5-6(2)14-7(3-12-5)13-4-8(9,10)11/h3H,4H2,1-2H3,(H,13,14). The lowest BCUT2D eigenvalue weighted by Gasteiger charge is -2.09. The van der Waals surface area contributed by atoms with E-state index in [1.165, 1.54) is 6.20 Å². The van der Waals surface area contributed by atoms with E-state index < -0.39 is 12.7 Å². The summed E-state index contributed by atoms with van der Waals surface area (Å²) in [7, 11) is 0. The van der Waals surface area contributed by atoms with Crippen LogP contribution < -0.4 is 5.32 Å². The highest BCUT2D eigenvalue weighted by Gasteiger charge is 2.26. The molecular weight excluding hydrogens is 195 g/mol. The molecule has 0 saturated heterocycles. The first-order valence-electron chi connectivity index (χ1n) is 3.99. The Morgan fingerprint density at radius 3 is 2.43 bits per heavy atom. The third-order valence-corrected chi connectivity index (χ3v) is 1.66. The van der Waals surface area contributed by atoms with E-state index in [1.807, 2.05) is 0 Å². The van der Waals surface area contributed by atoms with E-state index in [2.05, 4.69) is 15.3 Å². The molecule has 0 aliphatic heterocycles. The minimum Gasteiger partial charge on any atom is -0.360 e. The van der Waals surface area contributed by atoms with Gasteiger partial charge in [-0.15, -0.1) is 0 Å². The molecule has 0 aliphatic rings. The zero-order valence-corrected chi connectivity index (χ0v) is 7.81. The van der Waals surface area contributed by atoms with Crippen molar-refractivity contribution in [3.05, 3.63) is 17.6 Å². The molecule has 1 N–H and O–H groups in total. The maximum absolute atomic E-state index is 11.8. The fourth-order valence-electron chi connectivity index (χ4n) is 0.818. The number of hydrogen-bond acceptors (Lipinski definition) is 3. The summed E-state index contributed by atoms with van der Waals surface area (Å²) in [5.41, 5.74) is 1.33. The van der Waals surface area contributed by atoms with Gasteiger partial charge in [0.15, 0.2) is 0 Å².